The molecule has 0 bridgehead atoms. The van der Waals surface area contributed by atoms with E-state index in [1.165, 1.54) is 0 Å². The number of benzene rings is 3. The number of hydrogen-bond donors (Lipinski definition) is 0. The molecule has 0 saturated heterocycles. The summed E-state index contributed by atoms with van der Waals surface area (Å²) in [7, 11) is -2.21. The van der Waals surface area contributed by atoms with Gasteiger partial charge in [0.15, 0.2) is 14.1 Å². The second kappa shape index (κ2) is 13.2. The minimum Gasteiger partial charge on any atom is -0.411 e. The van der Waals surface area contributed by atoms with Crippen molar-refractivity contribution in [2.45, 2.75) is 89.6 Å². The lowest BCUT2D eigenvalue weighted by Gasteiger charge is -2.46. The average molecular weight is 547 g/mol. The predicted molar refractivity (Wildman–Crippen MR) is 157 cm³/mol. The minimum absolute atomic E-state index is 0.00716. The molecule has 0 N–H and O–H groups in total. The Morgan fingerprint density at radius 3 is 1.51 bits per heavy atom. The molecule has 6 heteroatoms. The van der Waals surface area contributed by atoms with Crippen LogP contribution in [-0.4, -0.2) is 38.5 Å². The Labute approximate surface area is 234 Å². The maximum absolute atomic E-state index is 13.7. The fraction of sp³-hybridized carbons (Fsp3) is 0.424. The number of rotatable bonds is 11. The zero-order valence-electron chi connectivity index (χ0n) is 23.8. The van der Waals surface area contributed by atoms with Gasteiger partial charge in [0.05, 0.1) is 25.9 Å². The van der Waals surface area contributed by atoms with Gasteiger partial charge in [-0.1, -0.05) is 112 Å². The quantitative estimate of drug-likeness (QED) is 0.240. The standard InChI is InChI=1S/C33H42O5Si/c1-33(2,3)39(4,5)38-29-21-28(34)30(35-22-25-15-9-6-10-16-25)32(37-24-27-19-13-8-14-20-27)31(29)36-23-26-17-11-7-12-18-26/h6-20,29-32H,21-24H2,1-5H3/t29-,30-,31+,32+/m1/s1. The molecule has 4 rings (SSSR count). The van der Waals surface area contributed by atoms with Crippen molar-refractivity contribution in [3.05, 3.63) is 108 Å². The first kappa shape index (κ1) is 29.4. The fourth-order valence-electron chi connectivity index (χ4n) is 4.53. The van der Waals surface area contributed by atoms with Gasteiger partial charge in [-0.2, -0.15) is 0 Å². The molecule has 1 aliphatic carbocycles. The number of carbonyl (C=O) groups excluding carboxylic acids is 1. The Morgan fingerprint density at radius 1 is 0.667 bits per heavy atom. The largest absolute Gasteiger partial charge is 0.411 e. The molecule has 0 spiro atoms. The van der Waals surface area contributed by atoms with Crippen molar-refractivity contribution < 1.29 is 23.4 Å². The number of hydrogen-bond acceptors (Lipinski definition) is 5. The molecule has 1 fully saturated rings. The number of ether oxygens (including phenoxy) is 3. The van der Waals surface area contributed by atoms with Crippen LogP contribution < -0.4 is 0 Å². The lowest BCUT2D eigenvalue weighted by atomic mass is 9.87. The smallest absolute Gasteiger partial charge is 0.192 e. The first-order valence-electron chi connectivity index (χ1n) is 13.8. The molecule has 0 unspecified atom stereocenters. The van der Waals surface area contributed by atoms with Crippen LogP contribution in [-0.2, 0) is 43.3 Å². The van der Waals surface area contributed by atoms with Gasteiger partial charge in [0.25, 0.3) is 0 Å². The molecule has 0 aromatic heterocycles. The Morgan fingerprint density at radius 2 is 1.08 bits per heavy atom. The van der Waals surface area contributed by atoms with Crippen LogP contribution in [0.3, 0.4) is 0 Å². The number of ketones is 1. The Balaban J connectivity index is 1.63. The van der Waals surface area contributed by atoms with Crippen LogP contribution in [0, 0.1) is 0 Å². The first-order valence-corrected chi connectivity index (χ1v) is 16.7. The third-order valence-corrected chi connectivity index (χ3v) is 12.3. The van der Waals surface area contributed by atoms with Crippen LogP contribution in [0.5, 0.6) is 0 Å². The van der Waals surface area contributed by atoms with Gasteiger partial charge in [0.2, 0.25) is 0 Å². The molecular weight excluding hydrogens is 504 g/mol. The number of carbonyl (C=O) groups is 1. The molecule has 0 aliphatic heterocycles. The molecule has 5 nitrogen and oxygen atoms in total. The lowest BCUT2D eigenvalue weighted by Crippen LogP contribution is -2.60. The van der Waals surface area contributed by atoms with Crippen molar-refractivity contribution in [2.24, 2.45) is 0 Å². The SMILES string of the molecule is CC(C)(C)[Si](C)(C)O[C@@H]1CC(=O)[C@@H](OCc2ccccc2)[C@H](OCc2ccccc2)[C@H]1OCc1ccccc1. The van der Waals surface area contributed by atoms with Gasteiger partial charge in [0, 0.05) is 6.42 Å². The summed E-state index contributed by atoms with van der Waals surface area (Å²) in [6, 6.07) is 30.0. The van der Waals surface area contributed by atoms with E-state index in [9.17, 15) is 4.79 Å². The summed E-state index contributed by atoms with van der Waals surface area (Å²) in [6.45, 7) is 12.1. The Kier molecular flexibility index (Phi) is 9.91. The third kappa shape index (κ3) is 7.96. The maximum Gasteiger partial charge on any atom is 0.192 e. The molecule has 39 heavy (non-hydrogen) atoms. The maximum atomic E-state index is 13.7. The average Bonchev–Trinajstić information content (AvgIpc) is 2.91. The topological polar surface area (TPSA) is 54.0 Å². The van der Waals surface area contributed by atoms with Crippen molar-refractivity contribution in [3.63, 3.8) is 0 Å². The monoisotopic (exact) mass is 546 g/mol. The summed E-state index contributed by atoms with van der Waals surface area (Å²) in [4.78, 5) is 13.7. The Hall–Kier alpha value is -2.61. The molecule has 3 aromatic rings. The van der Waals surface area contributed by atoms with Crippen LogP contribution in [0.25, 0.3) is 0 Å². The highest BCUT2D eigenvalue weighted by atomic mass is 28.4. The fourth-order valence-corrected chi connectivity index (χ4v) is 5.86. The first-order chi connectivity index (χ1) is 18.6. The van der Waals surface area contributed by atoms with Gasteiger partial charge in [-0.25, -0.2) is 0 Å². The summed E-state index contributed by atoms with van der Waals surface area (Å²) < 4.78 is 26.3. The van der Waals surface area contributed by atoms with Crippen molar-refractivity contribution in [2.75, 3.05) is 0 Å². The van der Waals surface area contributed by atoms with E-state index in [0.717, 1.165) is 16.7 Å². The van der Waals surface area contributed by atoms with Gasteiger partial charge in [-0.3, -0.25) is 4.79 Å². The predicted octanol–water partition coefficient (Wildman–Crippen LogP) is 7.11. The summed E-state index contributed by atoms with van der Waals surface area (Å²) in [6.07, 6.45) is -2.03. The molecule has 1 saturated carbocycles. The molecule has 1 aliphatic rings. The van der Waals surface area contributed by atoms with E-state index in [2.05, 4.69) is 33.9 Å². The van der Waals surface area contributed by atoms with Gasteiger partial charge in [-0.15, -0.1) is 0 Å². The van der Waals surface area contributed by atoms with Crippen molar-refractivity contribution in [3.8, 4) is 0 Å². The summed E-state index contributed by atoms with van der Waals surface area (Å²) >= 11 is 0. The highest BCUT2D eigenvalue weighted by Gasteiger charge is 2.50. The molecule has 0 radical (unpaired) electrons. The van der Waals surface area contributed by atoms with Crippen LogP contribution in [0.1, 0.15) is 43.9 Å². The van der Waals surface area contributed by atoms with Crippen LogP contribution in [0.15, 0.2) is 91.0 Å². The van der Waals surface area contributed by atoms with E-state index in [1.54, 1.807) is 0 Å². The molecule has 0 heterocycles. The van der Waals surface area contributed by atoms with Gasteiger partial charge in [0.1, 0.15) is 18.3 Å². The second-order valence-corrected chi connectivity index (χ2v) is 16.6. The summed E-state index contributed by atoms with van der Waals surface area (Å²) in [5.41, 5.74) is 3.10. The zero-order chi connectivity index (χ0) is 27.9. The van der Waals surface area contributed by atoms with Crippen molar-refractivity contribution in [1.29, 1.82) is 0 Å². The molecule has 0 amide bonds. The van der Waals surface area contributed by atoms with E-state index in [0.29, 0.717) is 19.8 Å². The van der Waals surface area contributed by atoms with Crippen molar-refractivity contribution in [1.82, 2.24) is 0 Å². The van der Waals surface area contributed by atoms with Crippen LogP contribution in [0.2, 0.25) is 18.1 Å². The van der Waals surface area contributed by atoms with E-state index < -0.39 is 32.7 Å². The summed E-state index contributed by atoms with van der Waals surface area (Å²) in [5.74, 6) is -0.00716. The van der Waals surface area contributed by atoms with E-state index in [1.807, 2.05) is 91.0 Å². The zero-order valence-corrected chi connectivity index (χ0v) is 24.8. The van der Waals surface area contributed by atoms with E-state index >= 15 is 0 Å². The Bertz CT molecular complexity index is 1160. The minimum atomic E-state index is -2.21. The van der Waals surface area contributed by atoms with Gasteiger partial charge in [-0.05, 0) is 34.8 Å². The van der Waals surface area contributed by atoms with E-state index in [4.69, 9.17) is 18.6 Å². The highest BCUT2D eigenvalue weighted by molar-refractivity contribution is 6.74. The highest BCUT2D eigenvalue weighted by Crippen LogP contribution is 2.40. The molecule has 3 aromatic carbocycles. The van der Waals surface area contributed by atoms with Crippen LogP contribution in [0.4, 0.5) is 0 Å². The molecule has 4 atom stereocenters. The second-order valence-electron chi connectivity index (χ2n) is 11.8. The third-order valence-electron chi connectivity index (χ3n) is 7.80. The number of Topliss-reactive ketones (excluding diaryl/α,β-unsaturated/α-hetero) is 1. The summed E-state index contributed by atoms with van der Waals surface area (Å²) in [5, 5.41) is -0.0128. The molecular formula is C33H42O5Si. The van der Waals surface area contributed by atoms with E-state index in [-0.39, 0.29) is 17.2 Å². The van der Waals surface area contributed by atoms with Crippen molar-refractivity contribution >= 4 is 14.1 Å². The van der Waals surface area contributed by atoms with Gasteiger partial charge < -0.3 is 18.6 Å². The van der Waals surface area contributed by atoms with Gasteiger partial charge >= 0.3 is 0 Å². The van der Waals surface area contributed by atoms with Crippen LogP contribution >= 0.6 is 0 Å². The lowest BCUT2D eigenvalue weighted by molar-refractivity contribution is -0.199. The molecule has 208 valence electrons. The normalized spacial score (nSPS) is 22.1.